The Kier molecular flexibility index (Phi) is 3.62. The molecule has 4 atom stereocenters. The number of nitrogens with one attached hydrogen (secondary N) is 2. The van der Waals surface area contributed by atoms with Crippen LogP contribution >= 0.6 is 0 Å². The minimum Gasteiger partial charge on any atom is -0.444 e. The average molecular weight is 329 g/mol. The van der Waals surface area contributed by atoms with Crippen LogP contribution in [-0.2, 0) is 4.74 Å². The van der Waals surface area contributed by atoms with Gasteiger partial charge in [0.2, 0.25) is 0 Å². The summed E-state index contributed by atoms with van der Waals surface area (Å²) in [4.78, 5) is 14.6. The largest absolute Gasteiger partial charge is 0.444 e. The summed E-state index contributed by atoms with van der Waals surface area (Å²) in [7, 11) is 0. The zero-order valence-corrected chi connectivity index (χ0v) is 14.7. The number of rotatable bonds is 1. The van der Waals surface area contributed by atoms with Crippen molar-refractivity contribution in [3.63, 3.8) is 0 Å². The number of fused-ring (bicyclic) bond motifs is 3. The van der Waals surface area contributed by atoms with E-state index in [4.69, 9.17) is 4.74 Å². The zero-order chi connectivity index (χ0) is 16.9. The number of hydrogen-bond acceptors (Lipinski definition) is 4. The van der Waals surface area contributed by atoms with Gasteiger partial charge in [0.15, 0.2) is 0 Å². The zero-order valence-electron chi connectivity index (χ0n) is 14.7. The Morgan fingerprint density at radius 1 is 1.25 bits per heavy atom. The molecule has 4 rings (SSSR count). The van der Waals surface area contributed by atoms with Crippen molar-refractivity contribution in [3.05, 3.63) is 35.9 Å². The van der Waals surface area contributed by atoms with Gasteiger partial charge in [-0.15, -0.1) is 0 Å². The molecule has 0 aromatic heterocycles. The van der Waals surface area contributed by atoms with Crippen molar-refractivity contribution in [1.29, 1.82) is 0 Å². The maximum atomic E-state index is 12.7. The minimum absolute atomic E-state index is 0.166. The molecule has 1 spiro atoms. The van der Waals surface area contributed by atoms with E-state index in [2.05, 4.69) is 34.9 Å². The average Bonchev–Trinajstić information content (AvgIpc) is 3.19. The molecule has 3 fully saturated rings. The van der Waals surface area contributed by atoms with Gasteiger partial charge in [-0.2, -0.15) is 0 Å². The number of hydrogen-bond donors (Lipinski definition) is 2. The molecule has 2 N–H and O–H groups in total. The van der Waals surface area contributed by atoms with Gasteiger partial charge in [-0.3, -0.25) is 15.5 Å². The first-order valence-corrected chi connectivity index (χ1v) is 8.97. The second-order valence-corrected chi connectivity index (χ2v) is 8.30. The summed E-state index contributed by atoms with van der Waals surface area (Å²) in [5, 5.41) is 7.50. The van der Waals surface area contributed by atoms with Crippen LogP contribution in [-0.4, -0.2) is 40.9 Å². The summed E-state index contributed by atoms with van der Waals surface area (Å²) in [6.45, 7) is 6.68. The van der Waals surface area contributed by atoms with Gasteiger partial charge in [0.1, 0.15) is 5.60 Å². The highest BCUT2D eigenvalue weighted by Crippen LogP contribution is 2.46. The first-order valence-electron chi connectivity index (χ1n) is 8.97. The quantitative estimate of drug-likeness (QED) is 0.832. The third-order valence-corrected chi connectivity index (χ3v) is 5.49. The van der Waals surface area contributed by atoms with E-state index in [0.29, 0.717) is 6.04 Å². The topological polar surface area (TPSA) is 53.6 Å². The van der Waals surface area contributed by atoms with Crippen LogP contribution in [0.5, 0.6) is 0 Å². The molecule has 24 heavy (non-hydrogen) atoms. The Hall–Kier alpha value is -1.59. The minimum atomic E-state index is -0.449. The predicted octanol–water partition coefficient (Wildman–Crippen LogP) is 2.79. The van der Waals surface area contributed by atoms with E-state index < -0.39 is 5.60 Å². The van der Waals surface area contributed by atoms with Gasteiger partial charge >= 0.3 is 6.09 Å². The Bertz CT molecular complexity index is 627. The fraction of sp³-hybridized carbons (Fsp3) is 0.632. The molecule has 1 aromatic carbocycles. The molecule has 5 heteroatoms. The Morgan fingerprint density at radius 2 is 2.00 bits per heavy atom. The van der Waals surface area contributed by atoms with Crippen LogP contribution < -0.4 is 10.6 Å². The van der Waals surface area contributed by atoms with Crippen molar-refractivity contribution < 1.29 is 9.53 Å². The Balaban J connectivity index is 1.52. The summed E-state index contributed by atoms with van der Waals surface area (Å²) in [5.41, 5.74) is 0.684. The van der Waals surface area contributed by atoms with Crippen LogP contribution in [0.3, 0.4) is 0 Å². The smallest absolute Gasteiger partial charge is 0.410 e. The molecule has 5 nitrogen and oxygen atoms in total. The molecule has 0 radical (unpaired) electrons. The van der Waals surface area contributed by atoms with Gasteiger partial charge in [-0.1, -0.05) is 30.3 Å². The van der Waals surface area contributed by atoms with Gasteiger partial charge in [0.05, 0.1) is 11.7 Å². The summed E-state index contributed by atoms with van der Waals surface area (Å²) in [6, 6.07) is 11.3. The van der Waals surface area contributed by atoms with Gasteiger partial charge in [-0.05, 0) is 39.2 Å². The summed E-state index contributed by atoms with van der Waals surface area (Å²) in [5.74, 6) is 0. The molecule has 3 aliphatic heterocycles. The van der Waals surface area contributed by atoms with E-state index in [9.17, 15) is 4.79 Å². The molecule has 4 unspecified atom stereocenters. The first kappa shape index (κ1) is 15.9. The maximum absolute atomic E-state index is 12.7. The number of ether oxygens (including phenoxy) is 1. The van der Waals surface area contributed by atoms with E-state index in [0.717, 1.165) is 25.8 Å². The molecule has 3 saturated heterocycles. The summed E-state index contributed by atoms with van der Waals surface area (Å²) in [6.07, 6.45) is 2.90. The second kappa shape index (κ2) is 5.46. The number of nitrogens with zero attached hydrogens (tertiary/aromatic N) is 1. The molecule has 3 aliphatic rings. The lowest BCUT2D eigenvalue weighted by Gasteiger charge is -2.35. The van der Waals surface area contributed by atoms with E-state index in [1.54, 1.807) is 0 Å². The molecule has 1 amide bonds. The van der Waals surface area contributed by atoms with E-state index in [1.807, 2.05) is 31.7 Å². The lowest BCUT2D eigenvalue weighted by atomic mass is 9.89. The molecule has 130 valence electrons. The number of carbonyl (C=O) groups excluding carboxylic acids is 1. The fourth-order valence-electron chi connectivity index (χ4n) is 4.59. The van der Waals surface area contributed by atoms with Crippen molar-refractivity contribution in [2.75, 3.05) is 6.54 Å². The van der Waals surface area contributed by atoms with E-state index >= 15 is 0 Å². The lowest BCUT2D eigenvalue weighted by Crippen LogP contribution is -2.58. The SMILES string of the molecule is CC(C)(C)OC(=O)N1C2CCC1C1(C2)NCC(c2ccccc2)N1. The predicted molar refractivity (Wildman–Crippen MR) is 92.6 cm³/mol. The lowest BCUT2D eigenvalue weighted by molar-refractivity contribution is 0.0189. The van der Waals surface area contributed by atoms with Gasteiger partial charge in [0, 0.05) is 25.0 Å². The number of benzene rings is 1. The molecule has 0 saturated carbocycles. The third kappa shape index (κ3) is 2.60. The van der Waals surface area contributed by atoms with Crippen molar-refractivity contribution in [3.8, 4) is 0 Å². The molecule has 2 bridgehead atoms. The van der Waals surface area contributed by atoms with Crippen LogP contribution in [0.4, 0.5) is 4.79 Å². The number of carbonyl (C=O) groups is 1. The van der Waals surface area contributed by atoms with Gasteiger partial charge < -0.3 is 4.74 Å². The Labute approximate surface area is 143 Å². The number of amides is 1. The molecule has 1 aromatic rings. The second-order valence-electron chi connectivity index (χ2n) is 8.30. The summed E-state index contributed by atoms with van der Waals surface area (Å²) < 4.78 is 5.65. The normalized spacial score (nSPS) is 35.0. The molecular weight excluding hydrogens is 302 g/mol. The molecular formula is C19H27N3O2. The highest BCUT2D eigenvalue weighted by molar-refractivity contribution is 5.70. The highest BCUT2D eigenvalue weighted by atomic mass is 16.6. The van der Waals surface area contributed by atoms with Crippen molar-refractivity contribution in [2.24, 2.45) is 0 Å². The molecule has 0 aliphatic carbocycles. The standard InChI is InChI=1S/C19H27N3O2/c1-18(2,3)24-17(23)22-14-9-10-16(22)19(11-14)20-12-15(21-19)13-7-5-4-6-8-13/h4-8,14-16,20-21H,9-12H2,1-3H3. The summed E-state index contributed by atoms with van der Waals surface area (Å²) >= 11 is 0. The van der Waals surface area contributed by atoms with Crippen molar-refractivity contribution in [2.45, 2.75) is 69.4 Å². The van der Waals surface area contributed by atoms with Crippen LogP contribution in [0.1, 0.15) is 51.6 Å². The van der Waals surface area contributed by atoms with Crippen LogP contribution in [0.15, 0.2) is 30.3 Å². The van der Waals surface area contributed by atoms with Crippen LogP contribution in [0.25, 0.3) is 0 Å². The van der Waals surface area contributed by atoms with Crippen molar-refractivity contribution >= 4 is 6.09 Å². The van der Waals surface area contributed by atoms with E-state index in [-0.39, 0.29) is 23.8 Å². The fourth-order valence-corrected chi connectivity index (χ4v) is 4.59. The monoisotopic (exact) mass is 329 g/mol. The van der Waals surface area contributed by atoms with E-state index in [1.165, 1.54) is 5.56 Å². The van der Waals surface area contributed by atoms with Crippen LogP contribution in [0.2, 0.25) is 0 Å². The highest BCUT2D eigenvalue weighted by Gasteiger charge is 2.60. The van der Waals surface area contributed by atoms with Crippen LogP contribution in [0, 0.1) is 0 Å². The molecule has 3 heterocycles. The maximum Gasteiger partial charge on any atom is 0.410 e. The first-order chi connectivity index (χ1) is 11.4. The van der Waals surface area contributed by atoms with Crippen molar-refractivity contribution in [1.82, 2.24) is 15.5 Å². The third-order valence-electron chi connectivity index (χ3n) is 5.49. The Morgan fingerprint density at radius 3 is 2.71 bits per heavy atom. The van der Waals surface area contributed by atoms with Gasteiger partial charge in [0.25, 0.3) is 0 Å². The van der Waals surface area contributed by atoms with Gasteiger partial charge in [-0.25, -0.2) is 4.79 Å².